The maximum absolute atomic E-state index is 11.6. The number of carbonyl (C=O) groups excluding carboxylic acids is 1. The predicted octanol–water partition coefficient (Wildman–Crippen LogP) is 2.95. The van der Waals surface area contributed by atoms with Crippen LogP contribution < -0.4 is 4.74 Å². The van der Waals surface area contributed by atoms with Crippen LogP contribution in [0, 0.1) is 0 Å². The first-order chi connectivity index (χ1) is 8.76. The number of benzene rings is 2. The summed E-state index contributed by atoms with van der Waals surface area (Å²) in [5.74, 6) is 0.617. The molecule has 0 saturated heterocycles. The topological polar surface area (TPSA) is 35.5 Å². The van der Waals surface area contributed by atoms with Gasteiger partial charge in [0.05, 0.1) is 20.1 Å². The number of rotatable bonds is 4. The lowest BCUT2D eigenvalue weighted by molar-refractivity contribution is -0.142. The Bertz CT molecular complexity index is 561. The van der Waals surface area contributed by atoms with Crippen LogP contribution in [0.3, 0.4) is 0 Å². The molecule has 0 unspecified atom stereocenters. The second-order valence-corrected chi connectivity index (χ2v) is 3.95. The van der Waals surface area contributed by atoms with Crippen molar-refractivity contribution >= 4 is 16.7 Å². The minimum Gasteiger partial charge on any atom is -0.496 e. The maximum atomic E-state index is 11.6. The smallest absolute Gasteiger partial charge is 0.310 e. The zero-order chi connectivity index (χ0) is 13.0. The molecule has 18 heavy (non-hydrogen) atoms. The molecule has 2 aromatic carbocycles. The first-order valence-corrected chi connectivity index (χ1v) is 5.96. The van der Waals surface area contributed by atoms with Crippen molar-refractivity contribution in [2.75, 3.05) is 13.7 Å². The molecule has 3 nitrogen and oxygen atoms in total. The molecule has 0 atom stereocenters. The molecule has 0 aliphatic rings. The molecule has 0 aliphatic carbocycles. The highest BCUT2D eigenvalue weighted by atomic mass is 16.5. The SMILES string of the molecule is CCOC(=O)Cc1cccc2c(OC)cccc12. The van der Waals surface area contributed by atoms with E-state index in [1.165, 1.54) is 0 Å². The number of fused-ring (bicyclic) bond motifs is 1. The summed E-state index contributed by atoms with van der Waals surface area (Å²) >= 11 is 0. The summed E-state index contributed by atoms with van der Waals surface area (Å²) < 4.78 is 10.3. The fraction of sp³-hybridized carbons (Fsp3) is 0.267. The van der Waals surface area contributed by atoms with Gasteiger partial charge in [-0.05, 0) is 23.9 Å². The zero-order valence-corrected chi connectivity index (χ0v) is 10.6. The van der Waals surface area contributed by atoms with Crippen LogP contribution in [-0.2, 0) is 16.0 Å². The van der Waals surface area contributed by atoms with Crippen LogP contribution in [0.1, 0.15) is 12.5 Å². The molecular weight excluding hydrogens is 228 g/mol. The Balaban J connectivity index is 2.42. The van der Waals surface area contributed by atoms with E-state index < -0.39 is 0 Å². The van der Waals surface area contributed by atoms with Gasteiger partial charge in [0.15, 0.2) is 0 Å². The number of hydrogen-bond donors (Lipinski definition) is 0. The van der Waals surface area contributed by atoms with Crippen LogP contribution in [0.15, 0.2) is 36.4 Å². The number of esters is 1. The van der Waals surface area contributed by atoms with E-state index in [9.17, 15) is 4.79 Å². The van der Waals surface area contributed by atoms with Gasteiger partial charge in [0.2, 0.25) is 0 Å². The van der Waals surface area contributed by atoms with E-state index in [1.54, 1.807) is 7.11 Å². The van der Waals surface area contributed by atoms with E-state index in [0.717, 1.165) is 22.1 Å². The fourth-order valence-corrected chi connectivity index (χ4v) is 2.05. The fourth-order valence-electron chi connectivity index (χ4n) is 2.05. The summed E-state index contributed by atoms with van der Waals surface area (Å²) in [6.45, 7) is 2.22. The molecule has 0 aromatic heterocycles. The molecule has 2 rings (SSSR count). The van der Waals surface area contributed by atoms with Crippen molar-refractivity contribution in [2.45, 2.75) is 13.3 Å². The largest absolute Gasteiger partial charge is 0.496 e. The lowest BCUT2D eigenvalue weighted by atomic mass is 10.0. The van der Waals surface area contributed by atoms with E-state index in [2.05, 4.69) is 0 Å². The molecule has 94 valence electrons. The van der Waals surface area contributed by atoms with Crippen LogP contribution in [0.5, 0.6) is 5.75 Å². The zero-order valence-electron chi connectivity index (χ0n) is 10.6. The Hall–Kier alpha value is -2.03. The standard InChI is InChI=1S/C15H16O3/c1-3-18-15(16)10-11-6-4-8-13-12(11)7-5-9-14(13)17-2/h4-9H,3,10H2,1-2H3. The Morgan fingerprint density at radius 3 is 2.56 bits per heavy atom. The molecular formula is C15H16O3. The minimum absolute atomic E-state index is 0.201. The highest BCUT2D eigenvalue weighted by molar-refractivity contribution is 5.93. The van der Waals surface area contributed by atoms with E-state index in [0.29, 0.717) is 13.0 Å². The van der Waals surface area contributed by atoms with Gasteiger partial charge in [-0.15, -0.1) is 0 Å². The summed E-state index contributed by atoms with van der Waals surface area (Å²) in [5.41, 5.74) is 0.963. The summed E-state index contributed by atoms with van der Waals surface area (Å²) in [6.07, 6.45) is 0.290. The Labute approximate surface area is 106 Å². The van der Waals surface area contributed by atoms with Crippen LogP contribution in [0.2, 0.25) is 0 Å². The van der Waals surface area contributed by atoms with Gasteiger partial charge in [0, 0.05) is 5.39 Å². The molecule has 0 bridgehead atoms. The van der Waals surface area contributed by atoms with Gasteiger partial charge in [-0.3, -0.25) is 4.79 Å². The van der Waals surface area contributed by atoms with Gasteiger partial charge in [0.25, 0.3) is 0 Å². The third-order valence-corrected chi connectivity index (χ3v) is 2.83. The lowest BCUT2D eigenvalue weighted by Crippen LogP contribution is -2.07. The molecule has 0 spiro atoms. The van der Waals surface area contributed by atoms with Crippen molar-refractivity contribution in [3.63, 3.8) is 0 Å². The molecule has 3 heteroatoms. The molecule has 0 fully saturated rings. The maximum Gasteiger partial charge on any atom is 0.310 e. The van der Waals surface area contributed by atoms with Gasteiger partial charge >= 0.3 is 5.97 Å². The first kappa shape index (κ1) is 12.4. The quantitative estimate of drug-likeness (QED) is 0.776. The Morgan fingerprint density at radius 1 is 1.11 bits per heavy atom. The van der Waals surface area contributed by atoms with Crippen molar-refractivity contribution < 1.29 is 14.3 Å². The highest BCUT2D eigenvalue weighted by Crippen LogP contribution is 2.28. The molecule has 0 radical (unpaired) electrons. The molecule has 0 N–H and O–H groups in total. The van der Waals surface area contributed by atoms with Crippen LogP contribution in [-0.4, -0.2) is 19.7 Å². The second kappa shape index (κ2) is 5.54. The summed E-state index contributed by atoms with van der Waals surface area (Å²) in [7, 11) is 1.65. The second-order valence-electron chi connectivity index (χ2n) is 3.95. The van der Waals surface area contributed by atoms with Crippen LogP contribution >= 0.6 is 0 Å². The Kier molecular flexibility index (Phi) is 3.82. The number of hydrogen-bond acceptors (Lipinski definition) is 3. The number of ether oxygens (including phenoxy) is 2. The average molecular weight is 244 g/mol. The molecule has 0 saturated carbocycles. The lowest BCUT2D eigenvalue weighted by Gasteiger charge is -2.09. The third kappa shape index (κ3) is 2.45. The summed E-state index contributed by atoms with van der Waals surface area (Å²) in [6, 6.07) is 11.7. The van der Waals surface area contributed by atoms with Crippen molar-refractivity contribution in [1.29, 1.82) is 0 Å². The number of carbonyl (C=O) groups is 1. The molecule has 2 aromatic rings. The monoisotopic (exact) mass is 244 g/mol. The molecule has 0 heterocycles. The van der Waals surface area contributed by atoms with Crippen molar-refractivity contribution in [2.24, 2.45) is 0 Å². The minimum atomic E-state index is -0.201. The van der Waals surface area contributed by atoms with E-state index in [1.807, 2.05) is 43.3 Å². The molecule has 0 aliphatic heterocycles. The van der Waals surface area contributed by atoms with Crippen molar-refractivity contribution in [3.05, 3.63) is 42.0 Å². The van der Waals surface area contributed by atoms with Gasteiger partial charge in [-0.25, -0.2) is 0 Å². The van der Waals surface area contributed by atoms with Gasteiger partial charge in [-0.1, -0.05) is 30.3 Å². The first-order valence-electron chi connectivity index (χ1n) is 5.96. The normalized spacial score (nSPS) is 10.3. The van der Waals surface area contributed by atoms with Crippen LogP contribution in [0.25, 0.3) is 10.8 Å². The van der Waals surface area contributed by atoms with E-state index in [-0.39, 0.29) is 5.97 Å². The van der Waals surface area contributed by atoms with Gasteiger partial charge < -0.3 is 9.47 Å². The average Bonchev–Trinajstić information content (AvgIpc) is 2.38. The Morgan fingerprint density at radius 2 is 1.83 bits per heavy atom. The van der Waals surface area contributed by atoms with E-state index in [4.69, 9.17) is 9.47 Å². The summed E-state index contributed by atoms with van der Waals surface area (Å²) in [4.78, 5) is 11.6. The van der Waals surface area contributed by atoms with Gasteiger partial charge in [0.1, 0.15) is 5.75 Å². The van der Waals surface area contributed by atoms with Crippen molar-refractivity contribution in [3.8, 4) is 5.75 Å². The highest BCUT2D eigenvalue weighted by Gasteiger charge is 2.09. The predicted molar refractivity (Wildman–Crippen MR) is 70.8 cm³/mol. The molecule has 0 amide bonds. The van der Waals surface area contributed by atoms with E-state index >= 15 is 0 Å². The van der Waals surface area contributed by atoms with Crippen molar-refractivity contribution in [1.82, 2.24) is 0 Å². The van der Waals surface area contributed by atoms with Gasteiger partial charge in [-0.2, -0.15) is 0 Å². The third-order valence-electron chi connectivity index (χ3n) is 2.83. The van der Waals surface area contributed by atoms with Crippen LogP contribution in [0.4, 0.5) is 0 Å². The summed E-state index contributed by atoms with van der Waals surface area (Å²) in [5, 5.41) is 2.05. The number of methoxy groups -OCH3 is 1.